The van der Waals surface area contributed by atoms with Crippen molar-refractivity contribution in [3.63, 3.8) is 0 Å². The molecule has 4 rings (SSSR count). The molecule has 0 saturated heterocycles. The summed E-state index contributed by atoms with van der Waals surface area (Å²) in [5.41, 5.74) is 2.60. The Hall–Kier alpha value is -3.66. The minimum Gasteiger partial charge on any atom is -0.465 e. The minimum atomic E-state index is -4.41. The van der Waals surface area contributed by atoms with Gasteiger partial charge >= 0.3 is 12.1 Å². The summed E-state index contributed by atoms with van der Waals surface area (Å²) in [7, 11) is 1.30. The Morgan fingerprint density at radius 3 is 2.31 bits per heavy atom. The Labute approximate surface area is 206 Å². The van der Waals surface area contributed by atoms with E-state index in [2.05, 4.69) is 31.0 Å². The minimum absolute atomic E-state index is 0.224. The van der Waals surface area contributed by atoms with Crippen LogP contribution in [0.15, 0.2) is 71.5 Å². The van der Waals surface area contributed by atoms with Crippen LogP contribution in [0.2, 0.25) is 0 Å². The first kappa shape index (κ1) is 24.5. The third kappa shape index (κ3) is 5.54. The summed E-state index contributed by atoms with van der Waals surface area (Å²) in [6.45, 7) is 0.465. The number of ether oxygens (including phenoxy) is 1. The number of alkyl halides is 3. The highest BCUT2D eigenvalue weighted by atomic mass is 79.9. The number of benzene rings is 3. The molecule has 1 heterocycles. The second kappa shape index (κ2) is 9.91. The van der Waals surface area contributed by atoms with Crippen LogP contribution in [-0.4, -0.2) is 28.5 Å². The molecule has 0 spiro atoms. The molecule has 0 fully saturated rings. The summed E-state index contributed by atoms with van der Waals surface area (Å²) in [6, 6.07) is 15.0. The topological polar surface area (TPSA) is 73.2 Å². The standard InChI is InChI=1S/C25H19BrF3N3O3/c1-35-24(34)17-6-2-15(3-7-17)12-30-23(33)20-10-19(26)11-21-22(20)32(14-31-21)13-16-4-8-18(9-5-16)25(27,28)29/h2-11,14H,12-13H2,1H3,(H,30,33). The predicted octanol–water partition coefficient (Wildman–Crippen LogP) is 5.58. The number of carbonyl (C=O) groups is 2. The van der Waals surface area contributed by atoms with Gasteiger partial charge in [-0.15, -0.1) is 0 Å². The Balaban J connectivity index is 1.56. The summed E-state index contributed by atoms with van der Waals surface area (Å²) in [5, 5.41) is 2.86. The highest BCUT2D eigenvalue weighted by Gasteiger charge is 2.30. The molecule has 10 heteroatoms. The Kier molecular flexibility index (Phi) is 6.93. The summed E-state index contributed by atoms with van der Waals surface area (Å²) in [5.74, 6) is -0.791. The van der Waals surface area contributed by atoms with Crippen LogP contribution in [0.1, 0.15) is 37.4 Å². The van der Waals surface area contributed by atoms with Crippen molar-refractivity contribution >= 4 is 38.8 Å². The molecule has 3 aromatic carbocycles. The van der Waals surface area contributed by atoms with Crippen molar-refractivity contribution in [3.8, 4) is 0 Å². The molecule has 4 aromatic rings. The molecule has 0 unspecified atom stereocenters. The van der Waals surface area contributed by atoms with Crippen molar-refractivity contribution in [2.24, 2.45) is 0 Å². The highest BCUT2D eigenvalue weighted by Crippen LogP contribution is 2.30. The Morgan fingerprint density at radius 1 is 1.03 bits per heavy atom. The SMILES string of the molecule is COC(=O)c1ccc(CNC(=O)c2cc(Br)cc3ncn(Cc4ccc(C(F)(F)F)cc4)c23)cc1. The summed E-state index contributed by atoms with van der Waals surface area (Å²) in [6.07, 6.45) is -2.85. The molecule has 0 saturated carbocycles. The van der Waals surface area contributed by atoms with Crippen LogP contribution in [-0.2, 0) is 24.0 Å². The van der Waals surface area contributed by atoms with Crippen molar-refractivity contribution in [1.29, 1.82) is 0 Å². The number of hydrogen-bond acceptors (Lipinski definition) is 4. The molecular weight excluding hydrogens is 527 g/mol. The number of carbonyl (C=O) groups excluding carboxylic acids is 2. The van der Waals surface area contributed by atoms with E-state index in [-0.39, 0.29) is 19.0 Å². The molecule has 1 amide bonds. The van der Waals surface area contributed by atoms with Crippen LogP contribution < -0.4 is 5.32 Å². The average molecular weight is 546 g/mol. The fourth-order valence-electron chi connectivity index (χ4n) is 3.62. The molecule has 0 bridgehead atoms. The van der Waals surface area contributed by atoms with Gasteiger partial charge in [0.1, 0.15) is 0 Å². The third-order valence-corrected chi connectivity index (χ3v) is 5.84. The van der Waals surface area contributed by atoms with Gasteiger partial charge in [-0.3, -0.25) is 4.79 Å². The zero-order valence-corrected chi connectivity index (χ0v) is 20.0. The van der Waals surface area contributed by atoms with Crippen molar-refractivity contribution in [1.82, 2.24) is 14.9 Å². The van der Waals surface area contributed by atoms with Gasteiger partial charge in [0, 0.05) is 17.6 Å². The van der Waals surface area contributed by atoms with E-state index in [1.165, 1.54) is 19.2 Å². The molecule has 0 aliphatic rings. The molecule has 0 aliphatic carbocycles. The molecule has 180 valence electrons. The van der Waals surface area contributed by atoms with Crippen LogP contribution >= 0.6 is 15.9 Å². The van der Waals surface area contributed by atoms with Crippen molar-refractivity contribution < 1.29 is 27.5 Å². The fourth-order valence-corrected chi connectivity index (χ4v) is 4.06. The van der Waals surface area contributed by atoms with E-state index in [1.807, 2.05) is 0 Å². The lowest BCUT2D eigenvalue weighted by Crippen LogP contribution is -2.23. The van der Waals surface area contributed by atoms with Crippen LogP contribution in [0.25, 0.3) is 11.0 Å². The number of aromatic nitrogens is 2. The monoisotopic (exact) mass is 545 g/mol. The fraction of sp³-hybridized carbons (Fsp3) is 0.160. The number of nitrogens with zero attached hydrogens (tertiary/aromatic N) is 2. The smallest absolute Gasteiger partial charge is 0.416 e. The molecule has 1 N–H and O–H groups in total. The summed E-state index contributed by atoms with van der Waals surface area (Å²) >= 11 is 3.40. The summed E-state index contributed by atoms with van der Waals surface area (Å²) in [4.78, 5) is 29.0. The van der Waals surface area contributed by atoms with Crippen LogP contribution in [0.4, 0.5) is 13.2 Å². The third-order valence-electron chi connectivity index (χ3n) is 5.38. The molecule has 0 radical (unpaired) electrons. The van der Waals surface area contributed by atoms with Gasteiger partial charge < -0.3 is 14.6 Å². The van der Waals surface area contributed by atoms with Gasteiger partial charge in [-0.05, 0) is 47.5 Å². The van der Waals surface area contributed by atoms with Crippen LogP contribution in [0, 0.1) is 0 Å². The van der Waals surface area contributed by atoms with Gasteiger partial charge in [-0.25, -0.2) is 9.78 Å². The second-order valence-corrected chi connectivity index (χ2v) is 8.68. The quantitative estimate of drug-likeness (QED) is 0.321. The predicted molar refractivity (Wildman–Crippen MR) is 127 cm³/mol. The first-order chi connectivity index (χ1) is 16.7. The molecule has 0 aliphatic heterocycles. The molecular formula is C25H19BrF3N3O3. The van der Waals surface area contributed by atoms with Crippen molar-refractivity contribution in [3.05, 3.63) is 99.3 Å². The number of methoxy groups -OCH3 is 1. The first-order valence-corrected chi connectivity index (χ1v) is 11.2. The second-order valence-electron chi connectivity index (χ2n) is 7.76. The van der Waals surface area contributed by atoms with E-state index in [9.17, 15) is 22.8 Å². The molecule has 35 heavy (non-hydrogen) atoms. The van der Waals surface area contributed by atoms with Crippen molar-refractivity contribution in [2.45, 2.75) is 19.3 Å². The van der Waals surface area contributed by atoms with Gasteiger partial charge in [0.05, 0.1) is 41.2 Å². The number of nitrogens with one attached hydrogen (secondary N) is 1. The largest absolute Gasteiger partial charge is 0.465 e. The zero-order valence-electron chi connectivity index (χ0n) is 18.4. The highest BCUT2D eigenvalue weighted by molar-refractivity contribution is 9.10. The maximum atomic E-state index is 13.1. The number of esters is 1. The zero-order chi connectivity index (χ0) is 25.2. The summed E-state index contributed by atoms with van der Waals surface area (Å²) < 4.78 is 45.7. The lowest BCUT2D eigenvalue weighted by molar-refractivity contribution is -0.137. The van der Waals surface area contributed by atoms with Gasteiger partial charge in [-0.1, -0.05) is 40.2 Å². The van der Waals surface area contributed by atoms with E-state index < -0.39 is 17.7 Å². The van der Waals surface area contributed by atoms with E-state index >= 15 is 0 Å². The molecule has 0 atom stereocenters. The van der Waals surface area contributed by atoms with Crippen LogP contribution in [0.5, 0.6) is 0 Å². The number of fused-ring (bicyclic) bond motifs is 1. The number of halogens is 4. The van der Waals surface area contributed by atoms with Crippen molar-refractivity contribution in [2.75, 3.05) is 7.11 Å². The number of imidazole rings is 1. The van der Waals surface area contributed by atoms with Crippen LogP contribution in [0.3, 0.4) is 0 Å². The Bertz CT molecular complexity index is 1380. The van der Waals surface area contributed by atoms with E-state index in [0.29, 0.717) is 32.2 Å². The van der Waals surface area contributed by atoms with Gasteiger partial charge in [0.15, 0.2) is 0 Å². The number of rotatable bonds is 6. The van der Waals surface area contributed by atoms with E-state index in [0.717, 1.165) is 17.7 Å². The van der Waals surface area contributed by atoms with E-state index in [1.54, 1.807) is 47.3 Å². The molecule has 6 nitrogen and oxygen atoms in total. The number of hydrogen-bond donors (Lipinski definition) is 1. The normalized spacial score (nSPS) is 11.5. The maximum Gasteiger partial charge on any atom is 0.416 e. The van der Waals surface area contributed by atoms with Gasteiger partial charge in [0.25, 0.3) is 5.91 Å². The first-order valence-electron chi connectivity index (χ1n) is 10.4. The maximum absolute atomic E-state index is 13.1. The lowest BCUT2D eigenvalue weighted by Gasteiger charge is -2.12. The van der Waals surface area contributed by atoms with Gasteiger partial charge in [0.2, 0.25) is 0 Å². The Morgan fingerprint density at radius 2 is 1.69 bits per heavy atom. The average Bonchev–Trinajstić information content (AvgIpc) is 3.23. The lowest BCUT2D eigenvalue weighted by atomic mass is 10.1. The number of amides is 1. The van der Waals surface area contributed by atoms with E-state index in [4.69, 9.17) is 0 Å². The molecule has 1 aromatic heterocycles. The van der Waals surface area contributed by atoms with Gasteiger partial charge in [-0.2, -0.15) is 13.2 Å².